The molecule has 2 heteroatoms. The van der Waals surface area contributed by atoms with E-state index in [2.05, 4.69) is 56.4 Å². The van der Waals surface area contributed by atoms with E-state index < -0.39 is 0 Å². The van der Waals surface area contributed by atoms with Gasteiger partial charge < -0.3 is 10.1 Å². The number of hydrogen-bond donors (Lipinski definition) is 1. The molecule has 0 aliphatic carbocycles. The first kappa shape index (κ1) is 14.2. The van der Waals surface area contributed by atoms with Crippen LogP contribution in [-0.4, -0.2) is 25.8 Å². The Labute approximate surface area is 105 Å². The van der Waals surface area contributed by atoms with Crippen LogP contribution in [0.15, 0.2) is 30.3 Å². The molecule has 2 unspecified atom stereocenters. The van der Waals surface area contributed by atoms with Crippen molar-refractivity contribution in [1.29, 1.82) is 0 Å². The first-order chi connectivity index (χ1) is 8.29. The molecular weight excluding hydrogens is 210 g/mol. The van der Waals surface area contributed by atoms with Crippen molar-refractivity contribution in [3.63, 3.8) is 0 Å². The molecule has 0 saturated carbocycles. The van der Waals surface area contributed by atoms with E-state index in [1.165, 1.54) is 5.56 Å². The van der Waals surface area contributed by atoms with E-state index in [0.717, 1.165) is 26.2 Å². The van der Waals surface area contributed by atoms with Gasteiger partial charge >= 0.3 is 0 Å². The number of benzene rings is 1. The topological polar surface area (TPSA) is 21.3 Å². The summed E-state index contributed by atoms with van der Waals surface area (Å²) in [4.78, 5) is 0. The molecular formula is C15H25NO. The Morgan fingerprint density at radius 1 is 1.18 bits per heavy atom. The summed E-state index contributed by atoms with van der Waals surface area (Å²) in [7, 11) is 0. The summed E-state index contributed by atoms with van der Waals surface area (Å²) in [5.41, 5.74) is 1.37. The Kier molecular flexibility index (Phi) is 6.90. The summed E-state index contributed by atoms with van der Waals surface area (Å²) in [6.45, 7) is 9.17. The van der Waals surface area contributed by atoms with Crippen LogP contribution in [0.1, 0.15) is 38.7 Å². The van der Waals surface area contributed by atoms with Crippen LogP contribution >= 0.6 is 0 Å². The molecule has 1 N–H and O–H groups in total. The second-order valence-corrected chi connectivity index (χ2v) is 4.44. The summed E-state index contributed by atoms with van der Waals surface area (Å²) in [6.07, 6.45) is 1.08. The van der Waals surface area contributed by atoms with Crippen molar-refractivity contribution in [3.8, 4) is 0 Å². The average Bonchev–Trinajstić information content (AvgIpc) is 2.38. The molecule has 0 aliphatic rings. The third-order valence-electron chi connectivity index (χ3n) is 3.04. The largest absolute Gasteiger partial charge is 0.380 e. The standard InChI is InChI=1S/C15H25NO/c1-4-11-17-12-15(16-5-2)13(3)14-9-7-6-8-10-14/h6-10,13,15-16H,4-5,11-12H2,1-3H3. The molecule has 2 atom stereocenters. The molecule has 2 nitrogen and oxygen atoms in total. The Morgan fingerprint density at radius 3 is 2.47 bits per heavy atom. The van der Waals surface area contributed by atoms with E-state index in [4.69, 9.17) is 4.74 Å². The second kappa shape index (κ2) is 8.26. The number of ether oxygens (including phenoxy) is 1. The van der Waals surface area contributed by atoms with Crippen molar-refractivity contribution < 1.29 is 4.74 Å². The van der Waals surface area contributed by atoms with E-state index >= 15 is 0 Å². The Morgan fingerprint density at radius 2 is 1.88 bits per heavy atom. The van der Waals surface area contributed by atoms with Gasteiger partial charge in [0.1, 0.15) is 0 Å². The third kappa shape index (κ3) is 4.88. The zero-order valence-corrected chi connectivity index (χ0v) is 11.3. The smallest absolute Gasteiger partial charge is 0.0625 e. The lowest BCUT2D eigenvalue weighted by molar-refractivity contribution is 0.106. The van der Waals surface area contributed by atoms with Crippen LogP contribution < -0.4 is 5.32 Å². The van der Waals surface area contributed by atoms with Crippen molar-refractivity contribution in [3.05, 3.63) is 35.9 Å². The lowest BCUT2D eigenvalue weighted by atomic mass is 9.94. The van der Waals surface area contributed by atoms with Crippen LogP contribution in [0.3, 0.4) is 0 Å². The highest BCUT2D eigenvalue weighted by atomic mass is 16.5. The number of likely N-dealkylation sites (N-methyl/N-ethyl adjacent to an activating group) is 1. The highest BCUT2D eigenvalue weighted by Gasteiger charge is 2.17. The molecule has 0 saturated heterocycles. The quantitative estimate of drug-likeness (QED) is 0.699. The van der Waals surface area contributed by atoms with Gasteiger partial charge in [-0.15, -0.1) is 0 Å². The van der Waals surface area contributed by atoms with Crippen LogP contribution in [0.5, 0.6) is 0 Å². The van der Waals surface area contributed by atoms with Gasteiger partial charge in [0.15, 0.2) is 0 Å². The van der Waals surface area contributed by atoms with Gasteiger partial charge in [0, 0.05) is 12.6 Å². The minimum absolute atomic E-state index is 0.397. The zero-order valence-electron chi connectivity index (χ0n) is 11.3. The molecule has 1 rings (SSSR count). The second-order valence-electron chi connectivity index (χ2n) is 4.44. The first-order valence-electron chi connectivity index (χ1n) is 6.65. The summed E-state index contributed by atoms with van der Waals surface area (Å²) < 4.78 is 5.68. The van der Waals surface area contributed by atoms with Gasteiger partial charge in [-0.05, 0) is 24.4 Å². The summed E-state index contributed by atoms with van der Waals surface area (Å²) in [6, 6.07) is 11.0. The molecule has 0 bridgehead atoms. The van der Waals surface area contributed by atoms with Crippen LogP contribution in [0.2, 0.25) is 0 Å². The lowest BCUT2D eigenvalue weighted by Crippen LogP contribution is -2.37. The minimum Gasteiger partial charge on any atom is -0.380 e. The minimum atomic E-state index is 0.397. The number of rotatable bonds is 8. The maximum Gasteiger partial charge on any atom is 0.0625 e. The van der Waals surface area contributed by atoms with Crippen molar-refractivity contribution in [2.45, 2.75) is 39.2 Å². The van der Waals surface area contributed by atoms with E-state index in [1.807, 2.05) is 0 Å². The molecule has 1 aromatic rings. The fourth-order valence-corrected chi connectivity index (χ4v) is 1.99. The Balaban J connectivity index is 2.56. The molecule has 0 amide bonds. The van der Waals surface area contributed by atoms with E-state index in [-0.39, 0.29) is 0 Å². The molecule has 1 aromatic carbocycles. The normalized spacial score (nSPS) is 14.5. The highest BCUT2D eigenvalue weighted by molar-refractivity contribution is 5.20. The molecule has 17 heavy (non-hydrogen) atoms. The van der Waals surface area contributed by atoms with E-state index in [9.17, 15) is 0 Å². The van der Waals surface area contributed by atoms with Gasteiger partial charge in [-0.3, -0.25) is 0 Å². The van der Waals surface area contributed by atoms with E-state index in [1.54, 1.807) is 0 Å². The third-order valence-corrected chi connectivity index (χ3v) is 3.04. The van der Waals surface area contributed by atoms with E-state index in [0.29, 0.717) is 12.0 Å². The van der Waals surface area contributed by atoms with Crippen LogP contribution in [0, 0.1) is 0 Å². The van der Waals surface area contributed by atoms with Gasteiger partial charge in [-0.1, -0.05) is 51.1 Å². The summed E-state index contributed by atoms with van der Waals surface area (Å²) >= 11 is 0. The zero-order chi connectivity index (χ0) is 12.5. The monoisotopic (exact) mass is 235 g/mol. The first-order valence-corrected chi connectivity index (χ1v) is 6.65. The van der Waals surface area contributed by atoms with Crippen LogP contribution in [-0.2, 0) is 4.74 Å². The van der Waals surface area contributed by atoms with Crippen LogP contribution in [0.25, 0.3) is 0 Å². The number of nitrogens with one attached hydrogen (secondary N) is 1. The SMILES string of the molecule is CCCOCC(NCC)C(C)c1ccccc1. The van der Waals surface area contributed by atoms with Crippen molar-refractivity contribution >= 4 is 0 Å². The average molecular weight is 235 g/mol. The fourth-order valence-electron chi connectivity index (χ4n) is 1.99. The van der Waals surface area contributed by atoms with Gasteiger partial charge in [-0.25, -0.2) is 0 Å². The predicted molar refractivity (Wildman–Crippen MR) is 73.4 cm³/mol. The molecule has 0 radical (unpaired) electrons. The van der Waals surface area contributed by atoms with Gasteiger partial charge in [-0.2, -0.15) is 0 Å². The molecule has 0 aromatic heterocycles. The number of hydrogen-bond acceptors (Lipinski definition) is 2. The fraction of sp³-hybridized carbons (Fsp3) is 0.600. The van der Waals surface area contributed by atoms with Gasteiger partial charge in [0.05, 0.1) is 6.61 Å². The van der Waals surface area contributed by atoms with Crippen molar-refractivity contribution in [2.24, 2.45) is 0 Å². The summed E-state index contributed by atoms with van der Waals surface area (Å²) in [5, 5.41) is 3.51. The van der Waals surface area contributed by atoms with Gasteiger partial charge in [0.25, 0.3) is 0 Å². The van der Waals surface area contributed by atoms with Crippen molar-refractivity contribution in [1.82, 2.24) is 5.32 Å². The summed E-state index contributed by atoms with van der Waals surface area (Å²) in [5.74, 6) is 0.480. The molecule has 96 valence electrons. The molecule has 0 heterocycles. The predicted octanol–water partition coefficient (Wildman–Crippen LogP) is 3.19. The van der Waals surface area contributed by atoms with Crippen LogP contribution in [0.4, 0.5) is 0 Å². The lowest BCUT2D eigenvalue weighted by Gasteiger charge is -2.25. The Hall–Kier alpha value is -0.860. The Bertz CT molecular complexity index is 286. The molecule has 0 spiro atoms. The van der Waals surface area contributed by atoms with Crippen molar-refractivity contribution in [2.75, 3.05) is 19.8 Å². The van der Waals surface area contributed by atoms with Gasteiger partial charge in [0.2, 0.25) is 0 Å². The highest BCUT2D eigenvalue weighted by Crippen LogP contribution is 2.19. The molecule has 0 aliphatic heterocycles. The maximum atomic E-state index is 5.68. The maximum absolute atomic E-state index is 5.68. The molecule has 0 fully saturated rings.